The van der Waals surface area contributed by atoms with Crippen LogP contribution >= 0.6 is 0 Å². The van der Waals surface area contributed by atoms with Gasteiger partial charge in [-0.05, 0) is 36.8 Å². The molecule has 19 heavy (non-hydrogen) atoms. The number of rotatable bonds is 5. The number of hydrogen-bond donors (Lipinski definition) is 2. The molecule has 5 heteroatoms. The summed E-state index contributed by atoms with van der Waals surface area (Å²) < 4.78 is 1.76. The number of amides is 1. The van der Waals surface area contributed by atoms with Gasteiger partial charge in [0.2, 0.25) is 5.91 Å². The molecule has 0 radical (unpaired) electrons. The Morgan fingerprint density at radius 1 is 1.42 bits per heavy atom. The zero-order chi connectivity index (χ0) is 13.7. The van der Waals surface area contributed by atoms with Gasteiger partial charge in [0.05, 0.1) is 11.7 Å². The first-order valence-electron chi connectivity index (χ1n) is 6.37. The van der Waals surface area contributed by atoms with E-state index in [1.165, 1.54) is 0 Å². The molecule has 0 aliphatic heterocycles. The summed E-state index contributed by atoms with van der Waals surface area (Å²) in [5, 5.41) is 6.94. The Morgan fingerprint density at radius 2 is 2.16 bits per heavy atom. The zero-order valence-corrected chi connectivity index (χ0v) is 10.9. The maximum atomic E-state index is 11.8. The minimum Gasteiger partial charge on any atom is -0.325 e. The lowest BCUT2D eigenvalue weighted by Crippen LogP contribution is -2.35. The number of aromatic nitrogens is 2. The van der Waals surface area contributed by atoms with E-state index >= 15 is 0 Å². The maximum Gasteiger partial charge on any atom is 0.241 e. The van der Waals surface area contributed by atoms with E-state index in [0.717, 1.165) is 17.8 Å². The third-order valence-electron chi connectivity index (χ3n) is 2.84. The fourth-order valence-electron chi connectivity index (χ4n) is 1.80. The predicted molar refractivity (Wildman–Crippen MR) is 75.1 cm³/mol. The number of anilines is 1. The van der Waals surface area contributed by atoms with Gasteiger partial charge in [-0.3, -0.25) is 4.79 Å². The van der Waals surface area contributed by atoms with Gasteiger partial charge in [-0.25, -0.2) is 4.68 Å². The van der Waals surface area contributed by atoms with Crippen LogP contribution in [0.5, 0.6) is 0 Å². The van der Waals surface area contributed by atoms with E-state index in [9.17, 15) is 4.79 Å². The highest BCUT2D eigenvalue weighted by molar-refractivity contribution is 5.94. The van der Waals surface area contributed by atoms with Gasteiger partial charge in [-0.2, -0.15) is 5.10 Å². The van der Waals surface area contributed by atoms with Crippen LogP contribution in [0.2, 0.25) is 0 Å². The van der Waals surface area contributed by atoms with E-state index in [2.05, 4.69) is 10.4 Å². The average Bonchev–Trinajstić information content (AvgIpc) is 2.94. The second-order valence-electron chi connectivity index (χ2n) is 4.38. The van der Waals surface area contributed by atoms with Gasteiger partial charge in [-0.1, -0.05) is 13.3 Å². The molecule has 0 saturated heterocycles. The second kappa shape index (κ2) is 6.15. The van der Waals surface area contributed by atoms with Crippen LogP contribution in [0.25, 0.3) is 5.69 Å². The number of nitrogens with zero attached hydrogens (tertiary/aromatic N) is 2. The Kier molecular flexibility index (Phi) is 4.30. The van der Waals surface area contributed by atoms with Gasteiger partial charge in [0.25, 0.3) is 0 Å². The molecule has 0 bridgehead atoms. The number of nitrogens with one attached hydrogen (secondary N) is 1. The Bertz CT molecular complexity index is 519. The highest BCUT2D eigenvalue weighted by Crippen LogP contribution is 2.13. The van der Waals surface area contributed by atoms with Crippen molar-refractivity contribution in [3.63, 3.8) is 0 Å². The van der Waals surface area contributed by atoms with Crippen molar-refractivity contribution in [3.8, 4) is 5.69 Å². The summed E-state index contributed by atoms with van der Waals surface area (Å²) in [6.07, 6.45) is 5.17. The number of carbonyl (C=O) groups excluding carboxylic acids is 1. The van der Waals surface area contributed by atoms with Crippen molar-refractivity contribution in [2.24, 2.45) is 5.73 Å². The Labute approximate surface area is 112 Å². The summed E-state index contributed by atoms with van der Waals surface area (Å²) in [5.41, 5.74) is 7.44. The lowest BCUT2D eigenvalue weighted by Gasteiger charge is -2.11. The summed E-state index contributed by atoms with van der Waals surface area (Å²) in [6, 6.07) is 8.89. The van der Waals surface area contributed by atoms with Crippen LogP contribution in [0.4, 0.5) is 5.69 Å². The minimum absolute atomic E-state index is 0.145. The second-order valence-corrected chi connectivity index (χ2v) is 4.38. The molecule has 0 fully saturated rings. The van der Waals surface area contributed by atoms with Crippen molar-refractivity contribution >= 4 is 11.6 Å². The van der Waals surface area contributed by atoms with Crippen LogP contribution in [-0.4, -0.2) is 21.7 Å². The van der Waals surface area contributed by atoms with Crippen LogP contribution in [0, 0.1) is 0 Å². The molecular formula is C14H18N4O. The monoisotopic (exact) mass is 258 g/mol. The molecule has 0 aliphatic rings. The van der Waals surface area contributed by atoms with Crippen molar-refractivity contribution in [1.82, 2.24) is 9.78 Å². The lowest BCUT2D eigenvalue weighted by atomic mass is 10.1. The molecular weight excluding hydrogens is 240 g/mol. The molecule has 100 valence electrons. The molecule has 0 unspecified atom stereocenters. The molecule has 1 aromatic heterocycles. The number of carbonyl (C=O) groups is 1. The van der Waals surface area contributed by atoms with Gasteiger partial charge >= 0.3 is 0 Å². The first kappa shape index (κ1) is 13.3. The summed E-state index contributed by atoms with van der Waals surface area (Å²) in [5.74, 6) is -0.145. The van der Waals surface area contributed by atoms with Gasteiger partial charge in [0.1, 0.15) is 0 Å². The van der Waals surface area contributed by atoms with E-state index < -0.39 is 6.04 Å². The minimum atomic E-state index is -0.448. The molecule has 3 N–H and O–H groups in total. The van der Waals surface area contributed by atoms with Gasteiger partial charge in [0, 0.05) is 18.1 Å². The summed E-state index contributed by atoms with van der Waals surface area (Å²) >= 11 is 0. The first-order chi connectivity index (χ1) is 9.20. The summed E-state index contributed by atoms with van der Waals surface area (Å²) in [7, 11) is 0. The van der Waals surface area contributed by atoms with E-state index in [1.807, 2.05) is 43.5 Å². The van der Waals surface area contributed by atoms with Crippen LogP contribution in [-0.2, 0) is 4.79 Å². The van der Waals surface area contributed by atoms with E-state index in [-0.39, 0.29) is 5.91 Å². The molecule has 1 atom stereocenters. The largest absolute Gasteiger partial charge is 0.325 e. The molecule has 0 saturated carbocycles. The van der Waals surface area contributed by atoms with Crippen molar-refractivity contribution in [1.29, 1.82) is 0 Å². The molecule has 1 heterocycles. The number of benzene rings is 1. The Morgan fingerprint density at radius 3 is 2.74 bits per heavy atom. The SMILES string of the molecule is CCC[C@H](N)C(=O)Nc1ccc(-n2cccn2)cc1. The highest BCUT2D eigenvalue weighted by Gasteiger charge is 2.12. The predicted octanol–water partition coefficient (Wildman–Crippen LogP) is 1.94. The number of nitrogens with two attached hydrogens (primary N) is 1. The van der Waals surface area contributed by atoms with Gasteiger partial charge in [0.15, 0.2) is 0 Å². The van der Waals surface area contributed by atoms with Gasteiger partial charge in [-0.15, -0.1) is 0 Å². The van der Waals surface area contributed by atoms with E-state index in [4.69, 9.17) is 5.73 Å². The van der Waals surface area contributed by atoms with Crippen molar-refractivity contribution in [2.45, 2.75) is 25.8 Å². The molecule has 5 nitrogen and oxygen atoms in total. The van der Waals surface area contributed by atoms with Crippen molar-refractivity contribution in [3.05, 3.63) is 42.7 Å². The van der Waals surface area contributed by atoms with Crippen molar-refractivity contribution in [2.75, 3.05) is 5.32 Å². The Balaban J connectivity index is 2.01. The fraction of sp³-hybridized carbons (Fsp3) is 0.286. The molecule has 1 amide bonds. The molecule has 0 aliphatic carbocycles. The lowest BCUT2D eigenvalue weighted by molar-refractivity contribution is -0.117. The first-order valence-corrected chi connectivity index (χ1v) is 6.37. The maximum absolute atomic E-state index is 11.8. The zero-order valence-electron chi connectivity index (χ0n) is 10.9. The topological polar surface area (TPSA) is 72.9 Å². The quantitative estimate of drug-likeness (QED) is 0.860. The number of hydrogen-bond acceptors (Lipinski definition) is 3. The highest BCUT2D eigenvalue weighted by atomic mass is 16.2. The van der Waals surface area contributed by atoms with Crippen LogP contribution < -0.4 is 11.1 Å². The van der Waals surface area contributed by atoms with Gasteiger partial charge < -0.3 is 11.1 Å². The Hall–Kier alpha value is -2.14. The van der Waals surface area contributed by atoms with Crippen molar-refractivity contribution < 1.29 is 4.79 Å². The molecule has 2 rings (SSSR count). The van der Waals surface area contributed by atoms with E-state index in [1.54, 1.807) is 10.9 Å². The van der Waals surface area contributed by atoms with Crippen LogP contribution in [0.3, 0.4) is 0 Å². The van der Waals surface area contributed by atoms with E-state index in [0.29, 0.717) is 6.42 Å². The molecule has 1 aromatic carbocycles. The standard InChI is InChI=1S/C14H18N4O/c1-2-4-13(15)14(19)17-11-5-7-12(8-6-11)18-10-3-9-16-18/h3,5-10,13H,2,4,15H2,1H3,(H,17,19)/t13-/m0/s1. The third-order valence-corrected chi connectivity index (χ3v) is 2.84. The third kappa shape index (κ3) is 3.42. The summed E-state index contributed by atoms with van der Waals surface area (Å²) in [6.45, 7) is 2.01. The van der Waals surface area contributed by atoms with Crippen LogP contribution in [0.15, 0.2) is 42.7 Å². The summed E-state index contributed by atoms with van der Waals surface area (Å²) in [4.78, 5) is 11.8. The normalized spacial score (nSPS) is 12.1. The molecule has 0 spiro atoms. The smallest absolute Gasteiger partial charge is 0.241 e. The average molecular weight is 258 g/mol. The molecule has 2 aromatic rings. The fourth-order valence-corrected chi connectivity index (χ4v) is 1.80. The van der Waals surface area contributed by atoms with Crippen LogP contribution in [0.1, 0.15) is 19.8 Å².